The fourth-order valence-corrected chi connectivity index (χ4v) is 2.26. The summed E-state index contributed by atoms with van der Waals surface area (Å²) >= 11 is 6.15. The number of ether oxygens (including phenoxy) is 1. The molecule has 0 spiro atoms. The molecule has 0 aromatic heterocycles. The average molecular weight is 256 g/mol. The summed E-state index contributed by atoms with van der Waals surface area (Å²) in [7, 11) is 3.77. The second-order valence-corrected chi connectivity index (χ2v) is 5.30. The lowest BCUT2D eigenvalue weighted by atomic mass is 10.1. The number of hydrogen-bond acceptors (Lipinski definition) is 2. The van der Waals surface area contributed by atoms with Crippen molar-refractivity contribution >= 4 is 11.6 Å². The quantitative estimate of drug-likeness (QED) is 0.725. The molecule has 0 fully saturated rings. The van der Waals surface area contributed by atoms with Crippen LogP contribution < -0.4 is 0 Å². The van der Waals surface area contributed by atoms with E-state index in [-0.39, 0.29) is 5.38 Å². The van der Waals surface area contributed by atoms with E-state index in [2.05, 4.69) is 44.0 Å². The SMILES string of the molecule is COCC(Cl)CN(C)Cc1cc(C)ccc1C. The zero-order valence-corrected chi connectivity index (χ0v) is 11.9. The Kier molecular flexibility index (Phi) is 5.96. The van der Waals surface area contributed by atoms with Crippen LogP contribution in [0, 0.1) is 13.8 Å². The summed E-state index contributed by atoms with van der Waals surface area (Å²) in [5.41, 5.74) is 4.01. The van der Waals surface area contributed by atoms with E-state index >= 15 is 0 Å². The smallest absolute Gasteiger partial charge is 0.0696 e. The Morgan fingerprint density at radius 3 is 2.71 bits per heavy atom. The van der Waals surface area contributed by atoms with Crippen LogP contribution in [0.15, 0.2) is 18.2 Å². The highest BCUT2D eigenvalue weighted by atomic mass is 35.5. The van der Waals surface area contributed by atoms with Gasteiger partial charge in [0.25, 0.3) is 0 Å². The molecule has 0 heterocycles. The maximum Gasteiger partial charge on any atom is 0.0696 e. The first-order valence-corrected chi connectivity index (χ1v) is 6.34. The summed E-state index contributed by atoms with van der Waals surface area (Å²) < 4.78 is 5.04. The molecule has 1 rings (SSSR count). The van der Waals surface area contributed by atoms with Gasteiger partial charge in [-0.3, -0.25) is 0 Å². The monoisotopic (exact) mass is 255 g/mol. The molecule has 1 aromatic carbocycles. The molecule has 0 aliphatic rings. The summed E-state index contributed by atoms with van der Waals surface area (Å²) in [5, 5.41) is 0.0510. The lowest BCUT2D eigenvalue weighted by Crippen LogP contribution is -2.28. The summed E-state index contributed by atoms with van der Waals surface area (Å²) in [6.07, 6.45) is 0. The van der Waals surface area contributed by atoms with Crippen LogP contribution in [0.5, 0.6) is 0 Å². The zero-order chi connectivity index (χ0) is 12.8. The lowest BCUT2D eigenvalue weighted by Gasteiger charge is -2.21. The fraction of sp³-hybridized carbons (Fsp3) is 0.571. The molecule has 0 saturated carbocycles. The number of methoxy groups -OCH3 is 1. The predicted octanol–water partition coefficient (Wildman–Crippen LogP) is 2.99. The van der Waals surface area contributed by atoms with Crippen LogP contribution in [0.25, 0.3) is 0 Å². The van der Waals surface area contributed by atoms with Gasteiger partial charge in [0.15, 0.2) is 0 Å². The summed E-state index contributed by atoms with van der Waals surface area (Å²) in [4.78, 5) is 2.23. The second kappa shape index (κ2) is 7.00. The van der Waals surface area contributed by atoms with Gasteiger partial charge in [0.2, 0.25) is 0 Å². The fourth-order valence-electron chi connectivity index (χ4n) is 1.90. The van der Waals surface area contributed by atoms with Crippen molar-refractivity contribution in [2.24, 2.45) is 0 Å². The number of rotatable bonds is 6. The second-order valence-electron chi connectivity index (χ2n) is 4.68. The van der Waals surface area contributed by atoms with Crippen LogP contribution in [0.4, 0.5) is 0 Å². The standard InChI is InChI=1S/C14H22ClNO/c1-11-5-6-12(2)13(7-11)8-16(3)9-14(15)10-17-4/h5-7,14H,8-10H2,1-4H3. The molecule has 1 unspecified atom stereocenters. The minimum Gasteiger partial charge on any atom is -0.383 e. The highest BCUT2D eigenvalue weighted by Gasteiger charge is 2.09. The molecule has 0 N–H and O–H groups in total. The van der Waals surface area contributed by atoms with Crippen molar-refractivity contribution in [2.75, 3.05) is 27.3 Å². The third kappa shape index (κ3) is 5.07. The molecule has 0 aliphatic heterocycles. The number of benzene rings is 1. The van der Waals surface area contributed by atoms with E-state index in [1.807, 2.05) is 0 Å². The van der Waals surface area contributed by atoms with Crippen LogP contribution in [0.1, 0.15) is 16.7 Å². The van der Waals surface area contributed by atoms with Gasteiger partial charge in [-0.1, -0.05) is 23.8 Å². The minimum absolute atomic E-state index is 0.0510. The van der Waals surface area contributed by atoms with E-state index < -0.39 is 0 Å². The maximum atomic E-state index is 6.15. The van der Waals surface area contributed by atoms with Crippen molar-refractivity contribution in [3.05, 3.63) is 34.9 Å². The Morgan fingerprint density at radius 1 is 1.35 bits per heavy atom. The van der Waals surface area contributed by atoms with Gasteiger partial charge in [0, 0.05) is 20.2 Å². The molecule has 3 heteroatoms. The van der Waals surface area contributed by atoms with Gasteiger partial charge in [-0.25, -0.2) is 0 Å². The Balaban J connectivity index is 2.55. The minimum atomic E-state index is 0.0510. The Labute approximate surface area is 110 Å². The van der Waals surface area contributed by atoms with Crippen molar-refractivity contribution < 1.29 is 4.74 Å². The zero-order valence-electron chi connectivity index (χ0n) is 11.2. The highest BCUT2D eigenvalue weighted by molar-refractivity contribution is 6.20. The van der Waals surface area contributed by atoms with Crippen LogP contribution in [-0.2, 0) is 11.3 Å². The molecule has 96 valence electrons. The van der Waals surface area contributed by atoms with Crippen LogP contribution >= 0.6 is 11.6 Å². The van der Waals surface area contributed by atoms with Gasteiger partial charge in [-0.2, -0.15) is 0 Å². The van der Waals surface area contributed by atoms with Gasteiger partial charge in [0.1, 0.15) is 0 Å². The van der Waals surface area contributed by atoms with Crippen molar-refractivity contribution in [2.45, 2.75) is 25.8 Å². The molecule has 0 bridgehead atoms. The van der Waals surface area contributed by atoms with Crippen molar-refractivity contribution in [3.63, 3.8) is 0 Å². The first kappa shape index (κ1) is 14.5. The molecule has 0 saturated heterocycles. The van der Waals surface area contributed by atoms with E-state index in [1.165, 1.54) is 16.7 Å². The highest BCUT2D eigenvalue weighted by Crippen LogP contribution is 2.13. The molecule has 1 atom stereocenters. The van der Waals surface area contributed by atoms with Crippen LogP contribution in [-0.4, -0.2) is 37.6 Å². The number of hydrogen-bond donors (Lipinski definition) is 0. The van der Waals surface area contributed by atoms with E-state index in [1.54, 1.807) is 7.11 Å². The summed E-state index contributed by atoms with van der Waals surface area (Å²) in [6, 6.07) is 6.56. The number of alkyl halides is 1. The number of aryl methyl sites for hydroxylation is 2. The van der Waals surface area contributed by atoms with Gasteiger partial charge in [-0.05, 0) is 32.0 Å². The Bertz CT molecular complexity index is 354. The van der Waals surface area contributed by atoms with E-state index in [9.17, 15) is 0 Å². The van der Waals surface area contributed by atoms with E-state index in [0.717, 1.165) is 13.1 Å². The predicted molar refractivity (Wildman–Crippen MR) is 73.8 cm³/mol. The Morgan fingerprint density at radius 2 is 2.06 bits per heavy atom. The molecular weight excluding hydrogens is 234 g/mol. The molecule has 17 heavy (non-hydrogen) atoms. The number of nitrogens with zero attached hydrogens (tertiary/aromatic N) is 1. The molecule has 0 radical (unpaired) electrons. The average Bonchev–Trinajstić information content (AvgIpc) is 2.23. The van der Waals surface area contributed by atoms with E-state index in [4.69, 9.17) is 16.3 Å². The van der Waals surface area contributed by atoms with Gasteiger partial charge < -0.3 is 9.64 Å². The first-order valence-electron chi connectivity index (χ1n) is 5.90. The third-order valence-corrected chi connectivity index (χ3v) is 3.07. The number of halogens is 1. The molecule has 0 aliphatic carbocycles. The molecule has 2 nitrogen and oxygen atoms in total. The topological polar surface area (TPSA) is 12.5 Å². The van der Waals surface area contributed by atoms with Gasteiger partial charge in [-0.15, -0.1) is 11.6 Å². The lowest BCUT2D eigenvalue weighted by molar-refractivity contribution is 0.181. The largest absolute Gasteiger partial charge is 0.383 e. The normalized spacial score (nSPS) is 13.1. The first-order chi connectivity index (χ1) is 8.02. The summed E-state index contributed by atoms with van der Waals surface area (Å²) in [6.45, 7) is 6.64. The Hall–Kier alpha value is -0.570. The van der Waals surface area contributed by atoms with Crippen LogP contribution in [0.3, 0.4) is 0 Å². The van der Waals surface area contributed by atoms with Crippen molar-refractivity contribution in [3.8, 4) is 0 Å². The van der Waals surface area contributed by atoms with Gasteiger partial charge in [0.05, 0.1) is 12.0 Å². The van der Waals surface area contributed by atoms with Crippen molar-refractivity contribution in [1.82, 2.24) is 4.90 Å². The molecule has 1 aromatic rings. The van der Waals surface area contributed by atoms with Crippen LogP contribution in [0.2, 0.25) is 0 Å². The maximum absolute atomic E-state index is 6.15. The molecular formula is C14H22ClNO. The summed E-state index contributed by atoms with van der Waals surface area (Å²) in [5.74, 6) is 0. The van der Waals surface area contributed by atoms with Crippen molar-refractivity contribution in [1.29, 1.82) is 0 Å². The third-order valence-electron chi connectivity index (χ3n) is 2.80. The van der Waals surface area contributed by atoms with E-state index in [0.29, 0.717) is 6.61 Å². The van der Waals surface area contributed by atoms with Gasteiger partial charge >= 0.3 is 0 Å². The molecule has 0 amide bonds.